The molecule has 1 aliphatic carbocycles. The predicted octanol–water partition coefficient (Wildman–Crippen LogP) is 1.94. The van der Waals surface area contributed by atoms with Gasteiger partial charge < -0.3 is 15.8 Å². The third kappa shape index (κ3) is 1.77. The third-order valence-corrected chi connectivity index (χ3v) is 3.16. The molecule has 0 amide bonds. The van der Waals surface area contributed by atoms with Gasteiger partial charge in [0.15, 0.2) is 16.6 Å². The van der Waals surface area contributed by atoms with E-state index in [0.29, 0.717) is 18.5 Å². The molecule has 1 saturated carbocycles. The van der Waals surface area contributed by atoms with Crippen molar-refractivity contribution in [2.75, 3.05) is 17.7 Å². The Morgan fingerprint density at radius 1 is 1.71 bits per heavy atom. The van der Waals surface area contributed by atoms with Crippen molar-refractivity contribution in [3.05, 3.63) is 0 Å². The molecule has 1 heterocycles. The van der Waals surface area contributed by atoms with Gasteiger partial charge in [0.1, 0.15) is 0 Å². The number of nitrogens with two attached hydrogens (primary N) is 1. The van der Waals surface area contributed by atoms with Crippen LogP contribution in [0.1, 0.15) is 20.3 Å². The monoisotopic (exact) mass is 213 g/mol. The van der Waals surface area contributed by atoms with E-state index in [1.54, 1.807) is 0 Å². The zero-order chi connectivity index (χ0) is 10.1. The van der Waals surface area contributed by atoms with Crippen molar-refractivity contribution >= 4 is 22.4 Å². The van der Waals surface area contributed by atoms with Gasteiger partial charge in [-0.05, 0) is 30.8 Å². The molecule has 1 fully saturated rings. The third-order valence-electron chi connectivity index (χ3n) is 2.39. The molecule has 2 atom stereocenters. The molecule has 0 aliphatic heterocycles. The van der Waals surface area contributed by atoms with E-state index >= 15 is 0 Å². The van der Waals surface area contributed by atoms with Gasteiger partial charge in [-0.2, -0.15) is 4.37 Å². The predicted molar refractivity (Wildman–Crippen MR) is 58.9 cm³/mol. The number of hydrogen-bond donors (Lipinski definition) is 2. The smallest absolute Gasteiger partial charge is 0.197 e. The minimum Gasteiger partial charge on any atom is -0.487 e. The van der Waals surface area contributed by atoms with E-state index in [9.17, 15) is 0 Å². The van der Waals surface area contributed by atoms with Crippen LogP contribution in [0.5, 0.6) is 5.75 Å². The number of ether oxygens (including phenoxy) is 1. The summed E-state index contributed by atoms with van der Waals surface area (Å²) >= 11 is 1.38. The zero-order valence-corrected chi connectivity index (χ0v) is 9.23. The Morgan fingerprint density at radius 2 is 2.43 bits per heavy atom. The second kappa shape index (κ2) is 3.65. The highest BCUT2D eigenvalue weighted by Gasteiger charge is 2.33. The second-order valence-corrected chi connectivity index (χ2v) is 4.40. The molecule has 4 nitrogen and oxygen atoms in total. The normalized spacial score (nSPS) is 24.7. The van der Waals surface area contributed by atoms with Gasteiger partial charge in [0.2, 0.25) is 0 Å². The van der Waals surface area contributed by atoms with Gasteiger partial charge in [-0.1, -0.05) is 6.92 Å². The summed E-state index contributed by atoms with van der Waals surface area (Å²) in [5.74, 6) is 1.97. The van der Waals surface area contributed by atoms with Gasteiger partial charge in [-0.25, -0.2) is 0 Å². The molecule has 3 N–H and O–H groups in total. The van der Waals surface area contributed by atoms with Gasteiger partial charge in [-0.3, -0.25) is 0 Å². The molecule has 2 unspecified atom stereocenters. The highest BCUT2D eigenvalue weighted by Crippen LogP contribution is 2.40. The molecule has 0 saturated heterocycles. The van der Waals surface area contributed by atoms with E-state index < -0.39 is 0 Å². The number of rotatable bonds is 4. The van der Waals surface area contributed by atoms with E-state index in [2.05, 4.69) is 16.6 Å². The van der Waals surface area contributed by atoms with Crippen LogP contribution in [0.3, 0.4) is 0 Å². The zero-order valence-electron chi connectivity index (χ0n) is 8.41. The van der Waals surface area contributed by atoms with Crippen LogP contribution >= 0.6 is 11.5 Å². The molecule has 0 aromatic carbocycles. The van der Waals surface area contributed by atoms with Crippen molar-refractivity contribution in [1.29, 1.82) is 0 Å². The lowest BCUT2D eigenvalue weighted by Gasteiger charge is -2.06. The molecule has 0 spiro atoms. The van der Waals surface area contributed by atoms with E-state index in [-0.39, 0.29) is 0 Å². The van der Waals surface area contributed by atoms with Crippen molar-refractivity contribution in [3.8, 4) is 5.75 Å². The molecule has 14 heavy (non-hydrogen) atoms. The molecule has 0 radical (unpaired) electrons. The number of anilines is 2. The summed E-state index contributed by atoms with van der Waals surface area (Å²) in [6.45, 7) is 4.79. The maximum absolute atomic E-state index is 5.69. The first kappa shape index (κ1) is 9.58. The maximum Gasteiger partial charge on any atom is 0.197 e. The molecule has 78 valence electrons. The number of hydrogen-bond acceptors (Lipinski definition) is 5. The molecule has 5 heteroatoms. The Morgan fingerprint density at radius 3 is 3.00 bits per heavy atom. The lowest BCUT2D eigenvalue weighted by Crippen LogP contribution is -2.04. The summed E-state index contributed by atoms with van der Waals surface area (Å²) in [6.07, 6.45) is 1.23. The standard InChI is InChI=1S/C9H15N3OS/c1-3-13-7-8(10)12-14-9(7)11-6-4-5(6)2/h5-6,11H,3-4H2,1-2H3,(H2,10,12). The summed E-state index contributed by atoms with van der Waals surface area (Å²) in [7, 11) is 0. The van der Waals surface area contributed by atoms with Crippen LogP contribution < -0.4 is 15.8 Å². The van der Waals surface area contributed by atoms with Crippen LogP contribution in [0, 0.1) is 5.92 Å². The molecule has 2 rings (SSSR count). The Labute approximate surface area is 87.6 Å². The first-order valence-electron chi connectivity index (χ1n) is 4.86. The van der Waals surface area contributed by atoms with Gasteiger partial charge in [0.05, 0.1) is 6.61 Å². The van der Waals surface area contributed by atoms with Crippen LogP contribution in [-0.2, 0) is 0 Å². The number of aromatic nitrogens is 1. The molecular formula is C9H15N3OS. The number of nitrogen functional groups attached to an aromatic ring is 1. The molecule has 1 aliphatic rings. The summed E-state index contributed by atoms with van der Waals surface area (Å²) in [6, 6.07) is 0.578. The summed E-state index contributed by atoms with van der Waals surface area (Å²) in [5.41, 5.74) is 5.69. The first-order valence-corrected chi connectivity index (χ1v) is 5.64. The minimum absolute atomic E-state index is 0.493. The van der Waals surface area contributed by atoms with Crippen molar-refractivity contribution in [1.82, 2.24) is 4.37 Å². The van der Waals surface area contributed by atoms with Crippen molar-refractivity contribution < 1.29 is 4.74 Å². The van der Waals surface area contributed by atoms with Gasteiger partial charge in [0.25, 0.3) is 0 Å². The van der Waals surface area contributed by atoms with Crippen LogP contribution in [-0.4, -0.2) is 17.0 Å². The molecular weight excluding hydrogens is 198 g/mol. The van der Waals surface area contributed by atoms with Crippen LogP contribution in [0.15, 0.2) is 0 Å². The van der Waals surface area contributed by atoms with Crippen LogP contribution in [0.4, 0.5) is 10.8 Å². The quantitative estimate of drug-likeness (QED) is 0.802. The fraction of sp³-hybridized carbons (Fsp3) is 0.667. The Balaban J connectivity index is 2.07. The van der Waals surface area contributed by atoms with E-state index in [4.69, 9.17) is 10.5 Å². The second-order valence-electron chi connectivity index (χ2n) is 3.62. The minimum atomic E-state index is 0.493. The summed E-state index contributed by atoms with van der Waals surface area (Å²) in [5, 5.41) is 4.36. The summed E-state index contributed by atoms with van der Waals surface area (Å²) < 4.78 is 9.51. The largest absolute Gasteiger partial charge is 0.487 e. The van der Waals surface area contributed by atoms with E-state index in [0.717, 1.165) is 16.7 Å². The Kier molecular flexibility index (Phi) is 2.50. The Hall–Kier alpha value is -0.970. The van der Waals surface area contributed by atoms with E-state index in [1.165, 1.54) is 18.0 Å². The fourth-order valence-corrected chi connectivity index (χ4v) is 2.08. The lowest BCUT2D eigenvalue weighted by molar-refractivity contribution is 0.344. The molecule has 0 bridgehead atoms. The summed E-state index contributed by atoms with van der Waals surface area (Å²) in [4.78, 5) is 0. The average Bonchev–Trinajstić information content (AvgIpc) is 2.74. The highest BCUT2D eigenvalue weighted by atomic mass is 32.1. The number of nitrogens with one attached hydrogen (secondary N) is 1. The van der Waals surface area contributed by atoms with Crippen molar-refractivity contribution in [2.24, 2.45) is 5.92 Å². The number of nitrogens with zero attached hydrogens (tertiary/aromatic N) is 1. The van der Waals surface area contributed by atoms with Crippen molar-refractivity contribution in [3.63, 3.8) is 0 Å². The highest BCUT2D eigenvalue weighted by molar-refractivity contribution is 7.11. The van der Waals surface area contributed by atoms with Gasteiger partial charge in [-0.15, -0.1) is 0 Å². The van der Waals surface area contributed by atoms with Crippen LogP contribution in [0.25, 0.3) is 0 Å². The average molecular weight is 213 g/mol. The maximum atomic E-state index is 5.69. The van der Waals surface area contributed by atoms with E-state index in [1.807, 2.05) is 6.92 Å². The Bertz CT molecular complexity index is 326. The lowest BCUT2D eigenvalue weighted by atomic mass is 10.4. The topological polar surface area (TPSA) is 60.2 Å². The first-order chi connectivity index (χ1) is 6.72. The fourth-order valence-electron chi connectivity index (χ4n) is 1.36. The van der Waals surface area contributed by atoms with Gasteiger partial charge in [0, 0.05) is 6.04 Å². The molecule has 1 aromatic rings. The van der Waals surface area contributed by atoms with Crippen molar-refractivity contribution in [2.45, 2.75) is 26.3 Å². The van der Waals surface area contributed by atoms with Gasteiger partial charge >= 0.3 is 0 Å². The van der Waals surface area contributed by atoms with Crippen LogP contribution in [0.2, 0.25) is 0 Å². The molecule has 1 aromatic heterocycles. The SMILES string of the molecule is CCOc1c(N)nsc1NC1CC1C.